The van der Waals surface area contributed by atoms with Gasteiger partial charge in [0.15, 0.2) is 0 Å². The summed E-state index contributed by atoms with van der Waals surface area (Å²) in [6.07, 6.45) is 5.80. The van der Waals surface area contributed by atoms with E-state index in [1.165, 1.54) is 0 Å². The van der Waals surface area contributed by atoms with Gasteiger partial charge in [-0.05, 0) is 30.7 Å². The van der Waals surface area contributed by atoms with Gasteiger partial charge in [-0.1, -0.05) is 30.3 Å². The van der Waals surface area contributed by atoms with Crippen LogP contribution in [0.3, 0.4) is 0 Å². The molecule has 1 N–H and O–H groups in total. The van der Waals surface area contributed by atoms with Crippen LogP contribution in [0, 0.1) is 0 Å². The van der Waals surface area contributed by atoms with Gasteiger partial charge in [-0.15, -0.1) is 0 Å². The van der Waals surface area contributed by atoms with E-state index in [4.69, 9.17) is 9.47 Å². The lowest BCUT2D eigenvalue weighted by atomic mass is 10.2. The highest BCUT2D eigenvalue weighted by atomic mass is 16.5. The van der Waals surface area contributed by atoms with E-state index in [0.717, 1.165) is 61.0 Å². The molecule has 0 saturated carbocycles. The predicted molar refractivity (Wildman–Crippen MR) is 117 cm³/mol. The van der Waals surface area contributed by atoms with Gasteiger partial charge in [0, 0.05) is 55.9 Å². The molecule has 4 rings (SSSR count). The van der Waals surface area contributed by atoms with Gasteiger partial charge >= 0.3 is 0 Å². The molecule has 0 radical (unpaired) electrons. The largest absolute Gasteiger partial charge is 0.489 e. The monoisotopic (exact) mass is 404 g/mol. The minimum Gasteiger partial charge on any atom is -0.489 e. The van der Waals surface area contributed by atoms with Crippen LogP contribution in [0.5, 0.6) is 5.75 Å². The number of benzene rings is 1. The van der Waals surface area contributed by atoms with E-state index in [0.29, 0.717) is 6.61 Å². The number of para-hydroxylation sites is 1. The number of anilines is 1. The molecule has 1 saturated heterocycles. The van der Waals surface area contributed by atoms with Gasteiger partial charge in [0.2, 0.25) is 0 Å². The van der Waals surface area contributed by atoms with E-state index in [-0.39, 0.29) is 6.10 Å². The summed E-state index contributed by atoms with van der Waals surface area (Å²) in [5, 5.41) is 3.50. The number of nitrogens with zero attached hydrogens (tertiary/aromatic N) is 3. The molecule has 3 heterocycles. The third-order valence-electron chi connectivity index (χ3n) is 5.11. The fourth-order valence-electron chi connectivity index (χ4n) is 3.51. The average Bonchev–Trinajstić information content (AvgIpc) is 2.80. The summed E-state index contributed by atoms with van der Waals surface area (Å²) in [7, 11) is 0. The molecule has 1 unspecified atom stereocenters. The molecular weight excluding hydrogens is 376 g/mol. The SMILES string of the molecule is CC1CN(c2ccc(CNCc3ccccc3OCc3cccnc3)cn2)CCO1. The van der Waals surface area contributed by atoms with Crippen molar-refractivity contribution in [3.63, 3.8) is 0 Å². The molecule has 0 amide bonds. The Morgan fingerprint density at radius 1 is 1.07 bits per heavy atom. The van der Waals surface area contributed by atoms with Crippen LogP contribution in [-0.4, -0.2) is 35.8 Å². The van der Waals surface area contributed by atoms with E-state index in [9.17, 15) is 0 Å². The van der Waals surface area contributed by atoms with Crippen LogP contribution in [0.25, 0.3) is 0 Å². The number of morpholine rings is 1. The number of pyridine rings is 2. The topological polar surface area (TPSA) is 59.5 Å². The quantitative estimate of drug-likeness (QED) is 0.619. The van der Waals surface area contributed by atoms with Crippen molar-refractivity contribution >= 4 is 5.82 Å². The third kappa shape index (κ3) is 5.55. The summed E-state index contributed by atoms with van der Waals surface area (Å²) in [5.41, 5.74) is 3.35. The minimum atomic E-state index is 0.252. The highest BCUT2D eigenvalue weighted by molar-refractivity contribution is 5.40. The molecule has 0 spiro atoms. The lowest BCUT2D eigenvalue weighted by molar-refractivity contribution is 0.0529. The number of hydrogen-bond donors (Lipinski definition) is 1. The van der Waals surface area contributed by atoms with E-state index in [1.807, 2.05) is 42.7 Å². The van der Waals surface area contributed by atoms with Crippen molar-refractivity contribution in [2.45, 2.75) is 32.7 Å². The van der Waals surface area contributed by atoms with Gasteiger partial charge < -0.3 is 19.7 Å². The summed E-state index contributed by atoms with van der Waals surface area (Å²) < 4.78 is 11.6. The Morgan fingerprint density at radius 3 is 2.80 bits per heavy atom. The highest BCUT2D eigenvalue weighted by Crippen LogP contribution is 2.20. The summed E-state index contributed by atoms with van der Waals surface area (Å²) in [5.74, 6) is 1.91. The van der Waals surface area contributed by atoms with Crippen LogP contribution in [0.2, 0.25) is 0 Å². The number of aromatic nitrogens is 2. The minimum absolute atomic E-state index is 0.252. The second-order valence-corrected chi connectivity index (χ2v) is 7.51. The zero-order valence-electron chi connectivity index (χ0n) is 17.3. The van der Waals surface area contributed by atoms with Crippen molar-refractivity contribution in [3.05, 3.63) is 83.8 Å². The number of nitrogens with one attached hydrogen (secondary N) is 1. The van der Waals surface area contributed by atoms with E-state index >= 15 is 0 Å². The maximum Gasteiger partial charge on any atom is 0.128 e. The van der Waals surface area contributed by atoms with Gasteiger partial charge in [-0.25, -0.2) is 4.98 Å². The first-order valence-corrected chi connectivity index (χ1v) is 10.4. The van der Waals surface area contributed by atoms with Crippen LogP contribution >= 0.6 is 0 Å². The molecular formula is C24H28N4O2. The van der Waals surface area contributed by atoms with Crippen molar-refractivity contribution in [3.8, 4) is 5.75 Å². The van der Waals surface area contributed by atoms with Gasteiger partial charge in [-0.2, -0.15) is 0 Å². The Hall–Kier alpha value is -2.96. The Kier molecular flexibility index (Phi) is 6.90. The lowest BCUT2D eigenvalue weighted by Gasteiger charge is -2.32. The Labute approximate surface area is 177 Å². The zero-order valence-corrected chi connectivity index (χ0v) is 17.3. The molecule has 0 aliphatic carbocycles. The summed E-state index contributed by atoms with van der Waals surface area (Å²) in [6, 6.07) is 16.3. The zero-order chi connectivity index (χ0) is 20.6. The van der Waals surface area contributed by atoms with Crippen molar-refractivity contribution in [2.24, 2.45) is 0 Å². The van der Waals surface area contributed by atoms with Gasteiger partial charge in [-0.3, -0.25) is 4.98 Å². The maximum atomic E-state index is 6.01. The standard InChI is InChI=1S/C24H28N4O2/c1-19-17-28(11-12-29-19)24-9-8-20(15-27-24)13-26-16-22-6-2-3-7-23(22)30-18-21-5-4-10-25-14-21/h2-10,14-15,19,26H,11-13,16-18H2,1H3. The van der Waals surface area contributed by atoms with Crippen LogP contribution in [0.1, 0.15) is 23.6 Å². The van der Waals surface area contributed by atoms with Gasteiger partial charge in [0.05, 0.1) is 12.7 Å². The van der Waals surface area contributed by atoms with Gasteiger partial charge in [0.25, 0.3) is 0 Å². The normalized spacial score (nSPS) is 16.4. The summed E-state index contributed by atoms with van der Waals surface area (Å²) >= 11 is 0. The molecule has 30 heavy (non-hydrogen) atoms. The highest BCUT2D eigenvalue weighted by Gasteiger charge is 2.17. The summed E-state index contributed by atoms with van der Waals surface area (Å²) in [4.78, 5) is 11.1. The van der Waals surface area contributed by atoms with Crippen molar-refractivity contribution < 1.29 is 9.47 Å². The fraction of sp³-hybridized carbons (Fsp3) is 0.333. The Morgan fingerprint density at radius 2 is 2.00 bits per heavy atom. The second kappa shape index (κ2) is 10.2. The van der Waals surface area contributed by atoms with Crippen molar-refractivity contribution in [1.82, 2.24) is 15.3 Å². The molecule has 1 aliphatic rings. The molecule has 1 atom stereocenters. The predicted octanol–water partition coefficient (Wildman–Crippen LogP) is 3.57. The summed E-state index contributed by atoms with van der Waals surface area (Å²) in [6.45, 7) is 6.63. The van der Waals surface area contributed by atoms with E-state index in [1.54, 1.807) is 6.20 Å². The van der Waals surface area contributed by atoms with Crippen LogP contribution in [-0.2, 0) is 24.4 Å². The molecule has 156 valence electrons. The molecule has 6 heteroatoms. The number of rotatable bonds is 8. The molecule has 1 fully saturated rings. The Balaban J connectivity index is 1.29. The van der Waals surface area contributed by atoms with Crippen LogP contribution in [0.15, 0.2) is 67.1 Å². The maximum absolute atomic E-state index is 6.01. The Bertz CT molecular complexity index is 918. The molecule has 2 aromatic heterocycles. The molecule has 1 aromatic carbocycles. The van der Waals surface area contributed by atoms with Gasteiger partial charge in [0.1, 0.15) is 18.2 Å². The molecule has 0 bridgehead atoms. The smallest absolute Gasteiger partial charge is 0.128 e. The molecule has 6 nitrogen and oxygen atoms in total. The first kappa shape index (κ1) is 20.3. The van der Waals surface area contributed by atoms with E-state index in [2.05, 4.69) is 45.3 Å². The van der Waals surface area contributed by atoms with Crippen LogP contribution in [0.4, 0.5) is 5.82 Å². The average molecular weight is 405 g/mol. The first-order chi connectivity index (χ1) is 14.8. The fourth-order valence-corrected chi connectivity index (χ4v) is 3.51. The first-order valence-electron chi connectivity index (χ1n) is 10.4. The lowest BCUT2D eigenvalue weighted by Crippen LogP contribution is -2.41. The van der Waals surface area contributed by atoms with Crippen molar-refractivity contribution in [2.75, 3.05) is 24.6 Å². The third-order valence-corrected chi connectivity index (χ3v) is 5.11. The second-order valence-electron chi connectivity index (χ2n) is 7.51. The molecule has 3 aromatic rings. The van der Waals surface area contributed by atoms with Crippen LogP contribution < -0.4 is 15.0 Å². The van der Waals surface area contributed by atoms with E-state index < -0.39 is 0 Å². The molecule has 1 aliphatic heterocycles. The number of ether oxygens (including phenoxy) is 2. The van der Waals surface area contributed by atoms with Crippen molar-refractivity contribution in [1.29, 1.82) is 0 Å². The number of hydrogen-bond acceptors (Lipinski definition) is 6.